The number of rotatable bonds is 5. The number of imidazole rings is 1. The van der Waals surface area contributed by atoms with Crippen LogP contribution in [-0.2, 0) is 11.3 Å². The van der Waals surface area contributed by atoms with Gasteiger partial charge in [0.2, 0.25) is 0 Å². The maximum absolute atomic E-state index is 12.1. The molecule has 2 N–H and O–H groups in total. The average Bonchev–Trinajstić information content (AvgIpc) is 2.96. The third-order valence-corrected chi connectivity index (χ3v) is 3.91. The van der Waals surface area contributed by atoms with Crippen molar-refractivity contribution in [1.82, 2.24) is 19.8 Å². The summed E-state index contributed by atoms with van der Waals surface area (Å²) in [4.78, 5) is 28.8. The molecule has 2 unspecified atom stereocenters. The fourth-order valence-electron chi connectivity index (χ4n) is 2.68. The van der Waals surface area contributed by atoms with Gasteiger partial charge in [-0.25, -0.2) is 9.78 Å². The Labute approximate surface area is 124 Å². The van der Waals surface area contributed by atoms with Gasteiger partial charge in [-0.2, -0.15) is 0 Å². The van der Waals surface area contributed by atoms with Gasteiger partial charge in [-0.15, -0.1) is 0 Å². The number of hydrogen-bond donors (Lipinski definition) is 2. The van der Waals surface area contributed by atoms with Gasteiger partial charge in [0, 0.05) is 38.1 Å². The van der Waals surface area contributed by atoms with Crippen LogP contribution in [0.4, 0.5) is 4.79 Å². The van der Waals surface area contributed by atoms with Crippen LogP contribution in [0.3, 0.4) is 0 Å². The normalized spacial score (nSPS) is 22.0. The molecule has 0 aliphatic carbocycles. The SMILES string of the molecule is CC1CC(C(=O)O)CCN1C(=O)NCCCn1ccnc1. The predicted octanol–water partition coefficient (Wildman–Crippen LogP) is 1.17. The van der Waals surface area contributed by atoms with E-state index in [9.17, 15) is 9.59 Å². The van der Waals surface area contributed by atoms with Crippen molar-refractivity contribution in [3.63, 3.8) is 0 Å². The largest absolute Gasteiger partial charge is 0.481 e. The number of amides is 2. The van der Waals surface area contributed by atoms with Crippen molar-refractivity contribution in [1.29, 1.82) is 0 Å². The lowest BCUT2D eigenvalue weighted by molar-refractivity contribution is -0.143. The summed E-state index contributed by atoms with van der Waals surface area (Å²) in [5, 5.41) is 11.9. The van der Waals surface area contributed by atoms with Crippen LogP contribution in [0.25, 0.3) is 0 Å². The zero-order valence-corrected chi connectivity index (χ0v) is 12.2. The lowest BCUT2D eigenvalue weighted by Crippen LogP contribution is -2.50. The van der Waals surface area contributed by atoms with Crippen LogP contribution in [0, 0.1) is 5.92 Å². The van der Waals surface area contributed by atoms with Crippen LogP contribution < -0.4 is 5.32 Å². The fraction of sp³-hybridized carbons (Fsp3) is 0.643. The summed E-state index contributed by atoms with van der Waals surface area (Å²) in [5.74, 6) is -1.09. The molecule has 1 aromatic rings. The van der Waals surface area contributed by atoms with E-state index in [1.807, 2.05) is 17.7 Å². The number of urea groups is 1. The van der Waals surface area contributed by atoms with Crippen LogP contribution in [0.2, 0.25) is 0 Å². The Morgan fingerprint density at radius 1 is 1.48 bits per heavy atom. The summed E-state index contributed by atoms with van der Waals surface area (Å²) < 4.78 is 1.97. The van der Waals surface area contributed by atoms with Gasteiger partial charge in [0.1, 0.15) is 0 Å². The minimum absolute atomic E-state index is 0.0338. The first-order valence-corrected chi connectivity index (χ1v) is 7.31. The minimum atomic E-state index is -0.762. The Bertz CT molecular complexity index is 475. The van der Waals surface area contributed by atoms with Crippen molar-refractivity contribution in [3.8, 4) is 0 Å². The number of nitrogens with zero attached hydrogens (tertiary/aromatic N) is 3. The van der Waals surface area contributed by atoms with Crippen molar-refractivity contribution >= 4 is 12.0 Å². The monoisotopic (exact) mass is 294 g/mol. The van der Waals surface area contributed by atoms with Gasteiger partial charge in [0.25, 0.3) is 0 Å². The summed E-state index contributed by atoms with van der Waals surface area (Å²) in [6, 6.07) is -0.134. The maximum atomic E-state index is 12.1. The van der Waals surface area contributed by atoms with Gasteiger partial charge in [-0.1, -0.05) is 0 Å². The van der Waals surface area contributed by atoms with E-state index in [2.05, 4.69) is 10.3 Å². The molecule has 1 aliphatic heterocycles. The van der Waals surface area contributed by atoms with E-state index in [1.165, 1.54) is 0 Å². The molecule has 0 bridgehead atoms. The first-order chi connectivity index (χ1) is 10.1. The molecule has 21 heavy (non-hydrogen) atoms. The Balaban J connectivity index is 1.69. The second-order valence-electron chi connectivity index (χ2n) is 5.49. The highest BCUT2D eigenvalue weighted by Crippen LogP contribution is 2.22. The Morgan fingerprint density at radius 3 is 2.90 bits per heavy atom. The lowest BCUT2D eigenvalue weighted by atomic mass is 9.92. The first kappa shape index (κ1) is 15.3. The van der Waals surface area contributed by atoms with Gasteiger partial charge in [-0.3, -0.25) is 4.79 Å². The van der Waals surface area contributed by atoms with E-state index in [1.54, 1.807) is 17.4 Å². The summed E-state index contributed by atoms with van der Waals surface area (Å²) in [6.07, 6.45) is 7.26. The van der Waals surface area contributed by atoms with Gasteiger partial charge in [0.15, 0.2) is 0 Å². The Hall–Kier alpha value is -2.05. The third kappa shape index (κ3) is 4.21. The molecule has 1 fully saturated rings. The molecule has 0 saturated carbocycles. The van der Waals surface area contributed by atoms with Crippen LogP contribution in [-0.4, -0.2) is 50.7 Å². The lowest BCUT2D eigenvalue weighted by Gasteiger charge is -2.36. The number of aryl methyl sites for hydroxylation is 1. The highest BCUT2D eigenvalue weighted by Gasteiger charge is 2.31. The van der Waals surface area contributed by atoms with Crippen LogP contribution in [0.1, 0.15) is 26.2 Å². The molecule has 1 aromatic heterocycles. The van der Waals surface area contributed by atoms with E-state index in [4.69, 9.17) is 5.11 Å². The molecule has 1 aliphatic rings. The standard InChI is InChI=1S/C14H22N4O3/c1-11-9-12(13(19)20)3-7-18(11)14(21)16-4-2-6-17-8-5-15-10-17/h5,8,10-12H,2-4,6-7,9H2,1H3,(H,16,21)(H,19,20). The number of aromatic nitrogens is 2. The summed E-state index contributed by atoms with van der Waals surface area (Å²) in [7, 11) is 0. The molecule has 0 spiro atoms. The molecule has 0 aromatic carbocycles. The number of carboxylic acid groups (broad SMARTS) is 1. The van der Waals surface area contributed by atoms with Crippen LogP contribution >= 0.6 is 0 Å². The van der Waals surface area contributed by atoms with Crippen molar-refractivity contribution in [2.45, 2.75) is 38.8 Å². The van der Waals surface area contributed by atoms with Crippen molar-refractivity contribution in [2.75, 3.05) is 13.1 Å². The number of carboxylic acids is 1. The van der Waals surface area contributed by atoms with Crippen LogP contribution in [0.15, 0.2) is 18.7 Å². The summed E-state index contributed by atoms with van der Waals surface area (Å²) in [5.41, 5.74) is 0. The Kier molecular flexibility index (Phi) is 5.19. The van der Waals surface area contributed by atoms with Crippen molar-refractivity contribution in [3.05, 3.63) is 18.7 Å². The number of piperidine rings is 1. The second kappa shape index (κ2) is 7.10. The number of hydrogen-bond acceptors (Lipinski definition) is 3. The number of carbonyl (C=O) groups excluding carboxylic acids is 1. The molecule has 2 rings (SSSR count). The Morgan fingerprint density at radius 2 is 2.29 bits per heavy atom. The third-order valence-electron chi connectivity index (χ3n) is 3.91. The number of carbonyl (C=O) groups is 2. The van der Waals surface area contributed by atoms with Gasteiger partial charge < -0.3 is 19.9 Å². The molecule has 0 radical (unpaired) electrons. The molecule has 2 heterocycles. The quantitative estimate of drug-likeness (QED) is 0.798. The van der Waals surface area contributed by atoms with E-state index < -0.39 is 5.97 Å². The number of nitrogens with one attached hydrogen (secondary N) is 1. The van der Waals surface area contributed by atoms with E-state index in [0.717, 1.165) is 13.0 Å². The minimum Gasteiger partial charge on any atom is -0.481 e. The zero-order valence-electron chi connectivity index (χ0n) is 12.2. The van der Waals surface area contributed by atoms with Crippen molar-refractivity contribution < 1.29 is 14.7 Å². The molecule has 7 heteroatoms. The molecular formula is C14H22N4O3. The molecule has 116 valence electrons. The molecule has 1 saturated heterocycles. The van der Waals surface area contributed by atoms with Gasteiger partial charge in [-0.05, 0) is 26.2 Å². The van der Waals surface area contributed by atoms with Gasteiger partial charge >= 0.3 is 12.0 Å². The predicted molar refractivity (Wildman–Crippen MR) is 76.8 cm³/mol. The molecule has 2 amide bonds. The topological polar surface area (TPSA) is 87.5 Å². The van der Waals surface area contributed by atoms with E-state index in [-0.39, 0.29) is 18.0 Å². The first-order valence-electron chi connectivity index (χ1n) is 7.31. The van der Waals surface area contributed by atoms with Crippen molar-refractivity contribution in [2.24, 2.45) is 5.92 Å². The average molecular weight is 294 g/mol. The highest BCUT2D eigenvalue weighted by molar-refractivity contribution is 5.75. The number of likely N-dealkylation sites (tertiary alicyclic amines) is 1. The van der Waals surface area contributed by atoms with Gasteiger partial charge in [0.05, 0.1) is 12.2 Å². The van der Waals surface area contributed by atoms with Crippen LogP contribution in [0.5, 0.6) is 0 Å². The molecule has 2 atom stereocenters. The zero-order chi connectivity index (χ0) is 15.2. The summed E-state index contributed by atoms with van der Waals surface area (Å²) >= 11 is 0. The molecular weight excluding hydrogens is 272 g/mol. The highest BCUT2D eigenvalue weighted by atomic mass is 16.4. The number of aliphatic carboxylic acids is 1. The second-order valence-corrected chi connectivity index (χ2v) is 5.49. The molecule has 7 nitrogen and oxygen atoms in total. The summed E-state index contributed by atoms with van der Waals surface area (Å²) in [6.45, 7) is 3.82. The van der Waals surface area contributed by atoms with E-state index >= 15 is 0 Å². The smallest absolute Gasteiger partial charge is 0.317 e. The fourth-order valence-corrected chi connectivity index (χ4v) is 2.68. The maximum Gasteiger partial charge on any atom is 0.317 e. The van der Waals surface area contributed by atoms with E-state index in [0.29, 0.717) is 25.9 Å².